The normalized spacial score (nSPS) is 25.7. The summed E-state index contributed by atoms with van der Waals surface area (Å²) in [5.74, 6) is -0.266. The first-order chi connectivity index (χ1) is 26.5. The Morgan fingerprint density at radius 3 is 2.53 bits per heavy atom. The molecular weight excluding hydrogens is 728 g/mol. The largest absolute Gasteiger partial charge is 0.508 e. The molecule has 0 aromatic heterocycles. The van der Waals surface area contributed by atoms with Gasteiger partial charge in [-0.25, -0.2) is 4.79 Å². The maximum atomic E-state index is 14.4. The zero-order valence-electron chi connectivity index (χ0n) is 32.1. The van der Waals surface area contributed by atoms with Crippen LogP contribution in [-0.2, 0) is 20.9 Å². The smallest absolute Gasteiger partial charge is 0.410 e. The van der Waals surface area contributed by atoms with Crippen molar-refractivity contribution in [2.45, 2.75) is 95.6 Å². The number of carbonyl (C=O) groups is 1. The number of nitrogens with zero attached hydrogens (tertiary/aromatic N) is 2. The second-order valence-corrected chi connectivity index (χ2v) is 16.0. The van der Waals surface area contributed by atoms with Crippen molar-refractivity contribution in [3.05, 3.63) is 71.8 Å². The van der Waals surface area contributed by atoms with E-state index in [4.69, 9.17) is 45.3 Å². The zero-order valence-corrected chi connectivity index (χ0v) is 32.8. The second kappa shape index (κ2) is 17.9. The molecule has 13 heteroatoms. The van der Waals surface area contributed by atoms with E-state index in [2.05, 4.69) is 12.7 Å². The standard InChI is InChI=1S/C42H55ClN2O10/c1-5-19-53-42-37(45(40(49)50-20-16-43)25-27-12-14-35-36(21-27)52-26-51-35)24-33(44-55-41(2,3)4)31-22-28(10-6-8-17-46)30(11-7-9-18-47)38(39(31)42)32-23-29(48)13-15-34(32)54-42/h5,12-15,21-23,28,30,37-39,46-48H,1,6-11,16-20,24-26H2,2-4H3/t28-,30+,37-,38+,39+,42+/m0/s1. The summed E-state index contributed by atoms with van der Waals surface area (Å²) in [4.78, 5) is 22.2. The lowest BCUT2D eigenvalue weighted by atomic mass is 9.55. The molecule has 6 atom stereocenters. The van der Waals surface area contributed by atoms with Gasteiger partial charge in [-0.3, -0.25) is 4.90 Å². The van der Waals surface area contributed by atoms with Crippen LogP contribution in [0.3, 0.4) is 0 Å². The number of phenolic OH excluding ortho intramolecular Hbond substituents is 1. The van der Waals surface area contributed by atoms with Gasteiger partial charge in [0.05, 0.1) is 24.1 Å². The number of aromatic hydroxyl groups is 1. The summed E-state index contributed by atoms with van der Waals surface area (Å²) >= 11 is 6.06. The molecule has 3 N–H and O–H groups in total. The fraction of sp³-hybridized carbons (Fsp3) is 0.571. The van der Waals surface area contributed by atoms with E-state index in [-0.39, 0.29) is 75.6 Å². The molecule has 2 aromatic rings. The van der Waals surface area contributed by atoms with Gasteiger partial charge in [-0.2, -0.15) is 0 Å². The lowest BCUT2D eigenvalue weighted by Gasteiger charge is -2.59. The number of unbranched alkanes of at least 4 members (excludes halogenated alkanes) is 2. The SMILES string of the molecule is C=CCO[C@@]12Oc3ccc(O)cc3[C@H]3[C@H](CCCCO)[C@@H](CCCCO)C=C(C(=NOC(C)(C)C)C[C@@H]1N(Cc1ccc4c(c1)OCO4)C(=O)OCCCl)[C@H]32. The third-order valence-corrected chi connectivity index (χ3v) is 10.9. The number of amides is 1. The number of fused-ring (bicyclic) bond motifs is 3. The molecule has 0 unspecified atom stereocenters. The summed E-state index contributed by atoms with van der Waals surface area (Å²) in [6, 6.07) is 9.87. The molecule has 1 saturated carbocycles. The number of hydrogen-bond acceptors (Lipinski definition) is 11. The lowest BCUT2D eigenvalue weighted by Crippen LogP contribution is -2.70. The van der Waals surface area contributed by atoms with Crippen LogP contribution in [0.4, 0.5) is 4.79 Å². The Hall–Kier alpha value is -3.97. The van der Waals surface area contributed by atoms with Gasteiger partial charge >= 0.3 is 6.09 Å². The number of aliphatic hydroxyl groups is 2. The predicted molar refractivity (Wildman–Crippen MR) is 208 cm³/mol. The van der Waals surface area contributed by atoms with Crippen LogP contribution in [0.2, 0.25) is 0 Å². The number of alkyl halides is 1. The number of benzene rings is 2. The number of allylic oxidation sites excluding steroid dienone is 1. The topological polar surface area (TPSA) is 149 Å². The lowest BCUT2D eigenvalue weighted by molar-refractivity contribution is -0.256. The van der Waals surface area contributed by atoms with Crippen molar-refractivity contribution in [1.82, 2.24) is 4.90 Å². The summed E-state index contributed by atoms with van der Waals surface area (Å²) in [6.07, 6.45) is 8.00. The van der Waals surface area contributed by atoms with Gasteiger partial charge in [0.25, 0.3) is 0 Å². The van der Waals surface area contributed by atoms with Crippen LogP contribution in [-0.4, -0.2) is 88.6 Å². The molecule has 4 aliphatic rings. The van der Waals surface area contributed by atoms with Gasteiger partial charge in [0.2, 0.25) is 12.6 Å². The second-order valence-electron chi connectivity index (χ2n) is 15.6. The minimum absolute atomic E-state index is 0.0119. The summed E-state index contributed by atoms with van der Waals surface area (Å²) in [5, 5.41) is 35.4. The van der Waals surface area contributed by atoms with Crippen LogP contribution < -0.4 is 14.2 Å². The van der Waals surface area contributed by atoms with Crippen LogP contribution >= 0.6 is 11.6 Å². The van der Waals surface area contributed by atoms with E-state index in [1.807, 2.05) is 39.0 Å². The molecule has 2 aliphatic carbocycles. The molecule has 0 bridgehead atoms. The first-order valence-electron chi connectivity index (χ1n) is 19.4. The van der Waals surface area contributed by atoms with Gasteiger partial charge < -0.3 is 43.8 Å². The average Bonchev–Trinajstić information content (AvgIpc) is 3.64. The van der Waals surface area contributed by atoms with Crippen molar-refractivity contribution in [1.29, 1.82) is 0 Å². The molecule has 1 amide bonds. The molecule has 300 valence electrons. The number of rotatable bonds is 17. The molecule has 0 saturated heterocycles. The van der Waals surface area contributed by atoms with Crippen LogP contribution in [0.5, 0.6) is 23.0 Å². The number of ether oxygens (including phenoxy) is 5. The molecule has 12 nitrogen and oxygen atoms in total. The van der Waals surface area contributed by atoms with Crippen molar-refractivity contribution in [2.24, 2.45) is 22.9 Å². The van der Waals surface area contributed by atoms with Crippen molar-refractivity contribution >= 4 is 23.4 Å². The van der Waals surface area contributed by atoms with Gasteiger partial charge in [-0.05, 0) is 99.8 Å². The van der Waals surface area contributed by atoms with E-state index in [0.29, 0.717) is 35.8 Å². The third-order valence-electron chi connectivity index (χ3n) is 10.8. The first kappa shape index (κ1) is 40.7. The van der Waals surface area contributed by atoms with E-state index in [0.717, 1.165) is 42.4 Å². The number of aliphatic hydroxyl groups excluding tert-OH is 2. The van der Waals surface area contributed by atoms with Crippen LogP contribution in [0.1, 0.15) is 82.8 Å². The molecule has 0 spiro atoms. The monoisotopic (exact) mass is 782 g/mol. The molecule has 55 heavy (non-hydrogen) atoms. The fourth-order valence-corrected chi connectivity index (χ4v) is 8.67. The molecule has 1 fully saturated rings. The van der Waals surface area contributed by atoms with Crippen LogP contribution in [0.25, 0.3) is 0 Å². The highest BCUT2D eigenvalue weighted by Crippen LogP contribution is 2.62. The predicted octanol–water partition coefficient (Wildman–Crippen LogP) is 7.43. The highest BCUT2D eigenvalue weighted by molar-refractivity contribution is 6.18. The number of oxime groups is 1. The number of phenols is 1. The Kier molecular flexibility index (Phi) is 13.2. The Labute approximate surface area is 328 Å². The van der Waals surface area contributed by atoms with E-state index in [9.17, 15) is 20.1 Å². The molecule has 6 rings (SSSR count). The number of carbonyl (C=O) groups excluding carboxylic acids is 1. The summed E-state index contributed by atoms with van der Waals surface area (Å²) < 4.78 is 31.2. The van der Waals surface area contributed by atoms with Gasteiger partial charge in [-0.1, -0.05) is 36.2 Å². The molecule has 2 aliphatic heterocycles. The Balaban J connectivity index is 1.59. The quantitative estimate of drug-likeness (QED) is 0.0641. The van der Waals surface area contributed by atoms with Gasteiger partial charge in [0.1, 0.15) is 29.7 Å². The van der Waals surface area contributed by atoms with Gasteiger partial charge in [0, 0.05) is 37.7 Å². The Morgan fingerprint density at radius 1 is 1.05 bits per heavy atom. The first-order valence-corrected chi connectivity index (χ1v) is 19.9. The Morgan fingerprint density at radius 2 is 1.80 bits per heavy atom. The number of halogens is 1. The molecule has 2 heterocycles. The van der Waals surface area contributed by atoms with Crippen LogP contribution in [0.15, 0.2) is 65.9 Å². The fourth-order valence-electron chi connectivity index (χ4n) is 8.60. The highest BCUT2D eigenvalue weighted by atomic mass is 35.5. The zero-order chi connectivity index (χ0) is 39.2. The van der Waals surface area contributed by atoms with E-state index >= 15 is 0 Å². The van der Waals surface area contributed by atoms with E-state index in [1.54, 1.807) is 29.2 Å². The van der Waals surface area contributed by atoms with Crippen molar-refractivity contribution in [3.63, 3.8) is 0 Å². The third kappa shape index (κ3) is 8.88. The summed E-state index contributed by atoms with van der Waals surface area (Å²) in [7, 11) is 0. The highest BCUT2D eigenvalue weighted by Gasteiger charge is 2.65. The minimum Gasteiger partial charge on any atom is -0.508 e. The minimum atomic E-state index is -1.49. The maximum absolute atomic E-state index is 14.4. The molecule has 2 aromatic carbocycles. The molecule has 0 radical (unpaired) electrons. The summed E-state index contributed by atoms with van der Waals surface area (Å²) in [6.45, 7) is 10.2. The van der Waals surface area contributed by atoms with Crippen molar-refractivity contribution in [3.8, 4) is 23.0 Å². The molecular formula is C42H55ClN2O10. The van der Waals surface area contributed by atoms with Gasteiger partial charge in [-0.15, -0.1) is 18.2 Å². The summed E-state index contributed by atoms with van der Waals surface area (Å²) in [5.41, 5.74) is 2.53. The van der Waals surface area contributed by atoms with E-state index in [1.165, 1.54) is 0 Å². The van der Waals surface area contributed by atoms with Gasteiger partial charge in [0.15, 0.2) is 11.5 Å². The van der Waals surface area contributed by atoms with Crippen molar-refractivity contribution in [2.75, 3.05) is 39.1 Å². The van der Waals surface area contributed by atoms with Crippen LogP contribution in [0, 0.1) is 17.8 Å². The van der Waals surface area contributed by atoms with Crippen molar-refractivity contribution < 1.29 is 48.6 Å². The van der Waals surface area contributed by atoms with E-state index < -0.39 is 29.4 Å². The maximum Gasteiger partial charge on any atom is 0.410 e. The number of hydrogen-bond donors (Lipinski definition) is 3. The Bertz CT molecular complexity index is 1730. The average molecular weight is 783 g/mol.